The molecule has 2 N–H and O–H groups in total. The summed E-state index contributed by atoms with van der Waals surface area (Å²) in [4.78, 5) is 42.4. The van der Waals surface area contributed by atoms with Gasteiger partial charge in [-0.2, -0.15) is 0 Å². The summed E-state index contributed by atoms with van der Waals surface area (Å²) in [6.45, 7) is 7.95. The lowest BCUT2D eigenvalue weighted by Gasteiger charge is -2.56. The molecule has 5 atom stereocenters. The van der Waals surface area contributed by atoms with Gasteiger partial charge >= 0.3 is 0 Å². The average Bonchev–Trinajstić information content (AvgIpc) is 3.46. The molecule has 0 saturated carbocycles. The molecule has 2 amide bonds. The van der Waals surface area contributed by atoms with E-state index in [1.54, 1.807) is 19.2 Å². The quantitative estimate of drug-likeness (QED) is 0.471. The maximum atomic E-state index is 14.0. The van der Waals surface area contributed by atoms with Gasteiger partial charge in [0.25, 0.3) is 11.6 Å². The zero-order chi connectivity index (χ0) is 26.4. The summed E-state index contributed by atoms with van der Waals surface area (Å²) in [5.41, 5.74) is -0.644. The third kappa shape index (κ3) is 3.26. The number of piperazine rings is 1. The monoisotopic (exact) mass is 511 g/mol. The number of hydrogen-bond acceptors (Lipinski definition) is 7. The van der Waals surface area contributed by atoms with Crippen molar-refractivity contribution in [3.8, 4) is 5.75 Å². The van der Waals surface area contributed by atoms with Crippen LogP contribution in [-0.2, 0) is 19.4 Å². The number of aromatic nitrogens is 1. The standard InChI is InChI=1S/C27H33N3O7/c1-14(2)11-20-29-18-12-15(35-5)8-9-16(18)21-22(29)19(13-26(3,4)37-36-20)30-24(32)17-7-6-10-28(17)25(33)27(30,34)23(21)31/h8-9,11-12,17,19-20,23,31,34H,6-7,10,13H2,1-5H3/t17-,19-,20+,23-,27+/m1/s1. The minimum atomic E-state index is -2.43. The highest BCUT2D eigenvalue weighted by atomic mass is 17.2. The fourth-order valence-electron chi connectivity index (χ4n) is 6.54. The van der Waals surface area contributed by atoms with Gasteiger partial charge < -0.3 is 24.4 Å². The molecule has 37 heavy (non-hydrogen) atoms. The number of fused-ring (bicyclic) bond motifs is 6. The molecule has 0 spiro atoms. The summed E-state index contributed by atoms with van der Waals surface area (Å²) in [5.74, 6) is -0.409. The Labute approximate surface area is 214 Å². The largest absolute Gasteiger partial charge is 0.497 e. The molecule has 2 fully saturated rings. The van der Waals surface area contributed by atoms with Crippen LogP contribution in [0, 0.1) is 0 Å². The first kappa shape index (κ1) is 24.4. The number of carbonyl (C=O) groups excluding carboxylic acids is 2. The number of allylic oxidation sites excluding steroid dienone is 1. The van der Waals surface area contributed by atoms with Crippen LogP contribution in [0.1, 0.15) is 76.6 Å². The Morgan fingerprint density at radius 2 is 1.97 bits per heavy atom. The van der Waals surface area contributed by atoms with Crippen molar-refractivity contribution in [3.63, 3.8) is 0 Å². The van der Waals surface area contributed by atoms with Crippen LogP contribution in [0.15, 0.2) is 29.8 Å². The summed E-state index contributed by atoms with van der Waals surface area (Å²) < 4.78 is 7.38. The van der Waals surface area contributed by atoms with Gasteiger partial charge in [-0.3, -0.25) is 14.5 Å². The Morgan fingerprint density at radius 1 is 1.22 bits per heavy atom. The molecule has 2 saturated heterocycles. The van der Waals surface area contributed by atoms with E-state index in [0.29, 0.717) is 47.3 Å². The fraction of sp³-hybridized carbons (Fsp3) is 0.556. The molecular formula is C27H33N3O7. The second-order valence-electron chi connectivity index (χ2n) is 11.3. The van der Waals surface area contributed by atoms with Crippen molar-refractivity contribution in [1.82, 2.24) is 14.4 Å². The zero-order valence-electron chi connectivity index (χ0n) is 21.7. The van der Waals surface area contributed by atoms with Crippen LogP contribution in [0.3, 0.4) is 0 Å². The molecule has 0 radical (unpaired) electrons. The lowest BCUT2D eigenvalue weighted by molar-refractivity contribution is -0.390. The van der Waals surface area contributed by atoms with Crippen LogP contribution in [0.4, 0.5) is 0 Å². The van der Waals surface area contributed by atoms with Gasteiger partial charge in [0, 0.05) is 30.0 Å². The van der Waals surface area contributed by atoms with E-state index < -0.39 is 41.6 Å². The third-order valence-corrected chi connectivity index (χ3v) is 8.08. The van der Waals surface area contributed by atoms with Gasteiger partial charge in [-0.25, -0.2) is 9.78 Å². The minimum Gasteiger partial charge on any atom is -0.497 e. The number of carbonyl (C=O) groups is 2. The molecule has 4 aliphatic heterocycles. The van der Waals surface area contributed by atoms with Crippen LogP contribution in [0.25, 0.3) is 10.9 Å². The predicted octanol–water partition coefficient (Wildman–Crippen LogP) is 2.86. The summed E-state index contributed by atoms with van der Waals surface area (Å²) in [6, 6.07) is 3.99. The fourth-order valence-corrected chi connectivity index (χ4v) is 6.54. The molecule has 10 heteroatoms. The Balaban J connectivity index is 1.71. The van der Waals surface area contributed by atoms with E-state index in [-0.39, 0.29) is 12.3 Å². The third-order valence-electron chi connectivity index (χ3n) is 8.08. The average molecular weight is 512 g/mol. The lowest BCUT2D eigenvalue weighted by atomic mass is 9.79. The van der Waals surface area contributed by atoms with Crippen molar-refractivity contribution >= 4 is 22.7 Å². The molecule has 0 aliphatic carbocycles. The second-order valence-corrected chi connectivity index (χ2v) is 11.3. The zero-order valence-corrected chi connectivity index (χ0v) is 21.7. The van der Waals surface area contributed by atoms with E-state index in [2.05, 4.69) is 0 Å². The summed E-state index contributed by atoms with van der Waals surface area (Å²) in [5, 5.41) is 24.6. The topological polar surface area (TPSA) is 114 Å². The highest BCUT2D eigenvalue weighted by Gasteiger charge is 2.66. The number of amides is 2. The van der Waals surface area contributed by atoms with Gasteiger partial charge in [0.15, 0.2) is 6.23 Å². The van der Waals surface area contributed by atoms with Crippen molar-refractivity contribution < 1.29 is 34.3 Å². The van der Waals surface area contributed by atoms with E-state index in [0.717, 1.165) is 5.57 Å². The van der Waals surface area contributed by atoms with E-state index in [1.807, 2.05) is 44.4 Å². The summed E-state index contributed by atoms with van der Waals surface area (Å²) >= 11 is 0. The molecule has 0 bridgehead atoms. The Morgan fingerprint density at radius 3 is 2.68 bits per heavy atom. The van der Waals surface area contributed by atoms with Crippen molar-refractivity contribution in [2.75, 3.05) is 13.7 Å². The Bertz CT molecular complexity index is 1340. The van der Waals surface area contributed by atoms with Crippen molar-refractivity contribution in [2.24, 2.45) is 0 Å². The molecule has 1 aromatic carbocycles. The number of aliphatic hydroxyl groups is 2. The molecule has 6 rings (SSSR count). The molecule has 2 aromatic rings. The molecule has 10 nitrogen and oxygen atoms in total. The summed E-state index contributed by atoms with van der Waals surface area (Å²) in [6.07, 6.45) is 0.922. The van der Waals surface area contributed by atoms with Gasteiger partial charge in [-0.15, -0.1) is 0 Å². The number of benzene rings is 1. The molecule has 0 unspecified atom stereocenters. The number of hydrogen-bond donors (Lipinski definition) is 2. The van der Waals surface area contributed by atoms with Crippen molar-refractivity contribution in [2.45, 2.75) is 82.7 Å². The van der Waals surface area contributed by atoms with Gasteiger partial charge in [0.2, 0.25) is 5.91 Å². The SMILES string of the molecule is COc1ccc2c3c4n(c2c1)[C@H](C=C(C)C)OOC(C)(C)C[C@H]4N1C(=O)[C@H]2CCCN2C(=O)[C@@]1(O)[C@@H]3O. The molecular weight excluding hydrogens is 478 g/mol. The molecule has 5 heterocycles. The van der Waals surface area contributed by atoms with Crippen molar-refractivity contribution in [1.29, 1.82) is 0 Å². The normalized spacial score (nSPS) is 32.4. The highest BCUT2D eigenvalue weighted by molar-refractivity contribution is 6.01. The first-order valence-electron chi connectivity index (χ1n) is 12.8. The number of ether oxygens (including phenoxy) is 1. The Hall–Kier alpha value is -2.92. The molecule has 4 aliphatic rings. The number of nitrogens with zero attached hydrogens (tertiary/aromatic N) is 3. The maximum absolute atomic E-state index is 14.0. The first-order valence-corrected chi connectivity index (χ1v) is 12.8. The van der Waals surface area contributed by atoms with Crippen LogP contribution < -0.4 is 4.74 Å². The Kier molecular flexibility index (Phi) is 5.30. The van der Waals surface area contributed by atoms with E-state index in [1.165, 1.54) is 9.80 Å². The van der Waals surface area contributed by atoms with E-state index in [9.17, 15) is 19.8 Å². The van der Waals surface area contributed by atoms with Crippen LogP contribution in [-0.4, -0.2) is 67.4 Å². The molecule has 198 valence electrons. The number of rotatable bonds is 2. The highest BCUT2D eigenvalue weighted by Crippen LogP contribution is 2.55. The van der Waals surface area contributed by atoms with E-state index >= 15 is 0 Å². The van der Waals surface area contributed by atoms with Crippen LogP contribution in [0.2, 0.25) is 0 Å². The van der Waals surface area contributed by atoms with Crippen molar-refractivity contribution in [3.05, 3.63) is 41.1 Å². The van der Waals surface area contributed by atoms with Gasteiger partial charge in [-0.1, -0.05) is 5.57 Å². The summed E-state index contributed by atoms with van der Waals surface area (Å²) in [7, 11) is 1.57. The van der Waals surface area contributed by atoms with Gasteiger partial charge in [0.05, 0.1) is 24.4 Å². The first-order chi connectivity index (χ1) is 17.5. The van der Waals surface area contributed by atoms with Crippen LogP contribution >= 0.6 is 0 Å². The van der Waals surface area contributed by atoms with Gasteiger partial charge in [0.1, 0.15) is 23.5 Å². The predicted molar refractivity (Wildman–Crippen MR) is 132 cm³/mol. The maximum Gasteiger partial charge on any atom is 0.279 e. The van der Waals surface area contributed by atoms with Gasteiger partial charge in [-0.05, 0) is 58.7 Å². The van der Waals surface area contributed by atoms with E-state index in [4.69, 9.17) is 14.5 Å². The smallest absolute Gasteiger partial charge is 0.279 e. The lowest BCUT2D eigenvalue weighted by Crippen LogP contribution is -2.74. The van der Waals surface area contributed by atoms with Crippen LogP contribution in [0.5, 0.6) is 5.75 Å². The molecule has 1 aromatic heterocycles. The second kappa shape index (κ2) is 8.04. The number of aliphatic hydroxyl groups excluding tert-OH is 1. The number of methoxy groups -OCH3 is 1. The minimum absolute atomic E-state index is 0.232.